The van der Waals surface area contributed by atoms with Crippen LogP contribution in [0.1, 0.15) is 28.2 Å². The minimum atomic E-state index is -0.0305. The van der Waals surface area contributed by atoms with Gasteiger partial charge < -0.3 is 14.8 Å². The highest BCUT2D eigenvalue weighted by molar-refractivity contribution is 7.15. The van der Waals surface area contributed by atoms with Crippen molar-refractivity contribution in [1.82, 2.24) is 29.2 Å². The fourth-order valence-electron chi connectivity index (χ4n) is 3.41. The highest BCUT2D eigenvalue weighted by atomic mass is 32.1. The summed E-state index contributed by atoms with van der Waals surface area (Å²) in [6, 6.07) is 10.2. The van der Waals surface area contributed by atoms with Gasteiger partial charge >= 0.3 is 0 Å². The number of aromatic nitrogens is 4. The molecular formula is C22H26N6OS. The van der Waals surface area contributed by atoms with Gasteiger partial charge in [0.25, 0.3) is 5.91 Å². The predicted octanol–water partition coefficient (Wildman–Crippen LogP) is 3.09. The molecule has 1 aromatic carbocycles. The zero-order valence-corrected chi connectivity index (χ0v) is 17.9. The van der Waals surface area contributed by atoms with Gasteiger partial charge in [-0.1, -0.05) is 30.3 Å². The van der Waals surface area contributed by atoms with Gasteiger partial charge in [-0.25, -0.2) is 9.97 Å². The van der Waals surface area contributed by atoms with E-state index in [-0.39, 0.29) is 5.91 Å². The average Bonchev–Trinajstić information content (AvgIpc) is 3.50. The molecule has 30 heavy (non-hydrogen) atoms. The van der Waals surface area contributed by atoms with Gasteiger partial charge in [0.1, 0.15) is 0 Å². The summed E-state index contributed by atoms with van der Waals surface area (Å²) in [6.07, 6.45) is 9.38. The van der Waals surface area contributed by atoms with Crippen molar-refractivity contribution in [1.29, 1.82) is 0 Å². The molecule has 0 radical (unpaired) electrons. The summed E-state index contributed by atoms with van der Waals surface area (Å²) in [6.45, 7) is 3.04. The van der Waals surface area contributed by atoms with Crippen molar-refractivity contribution in [2.24, 2.45) is 0 Å². The summed E-state index contributed by atoms with van der Waals surface area (Å²) in [5.41, 5.74) is 2.69. The van der Waals surface area contributed by atoms with Crippen molar-refractivity contribution in [2.45, 2.75) is 25.9 Å². The molecule has 3 aromatic heterocycles. The van der Waals surface area contributed by atoms with E-state index in [1.807, 2.05) is 53.7 Å². The van der Waals surface area contributed by atoms with Gasteiger partial charge in [0.15, 0.2) is 10.7 Å². The molecular weight excluding hydrogens is 396 g/mol. The molecule has 3 heterocycles. The third kappa shape index (κ3) is 4.77. The Kier molecular flexibility index (Phi) is 6.56. The maximum absolute atomic E-state index is 13.1. The number of rotatable bonds is 10. The molecule has 1 N–H and O–H groups in total. The van der Waals surface area contributed by atoms with Crippen molar-refractivity contribution < 1.29 is 4.79 Å². The van der Waals surface area contributed by atoms with E-state index in [4.69, 9.17) is 0 Å². The van der Waals surface area contributed by atoms with Crippen LogP contribution in [0.4, 0.5) is 0 Å². The van der Waals surface area contributed by atoms with Crippen molar-refractivity contribution in [3.63, 3.8) is 0 Å². The number of nitrogens with one attached hydrogen (secondary N) is 1. The van der Waals surface area contributed by atoms with Gasteiger partial charge in [0, 0.05) is 50.7 Å². The van der Waals surface area contributed by atoms with Crippen molar-refractivity contribution in [3.05, 3.63) is 77.6 Å². The second kappa shape index (κ2) is 9.69. The summed E-state index contributed by atoms with van der Waals surface area (Å²) >= 11 is 1.55. The van der Waals surface area contributed by atoms with Crippen LogP contribution >= 0.6 is 11.3 Å². The maximum atomic E-state index is 13.1. The second-order valence-electron chi connectivity index (χ2n) is 7.26. The van der Waals surface area contributed by atoms with Crippen LogP contribution in [-0.2, 0) is 19.5 Å². The number of thiazole rings is 1. The molecule has 156 valence electrons. The van der Waals surface area contributed by atoms with Crippen LogP contribution in [0, 0.1) is 0 Å². The number of aryl methyl sites for hydroxylation is 1. The zero-order chi connectivity index (χ0) is 20.8. The Bertz CT molecular complexity index is 1070. The van der Waals surface area contributed by atoms with Gasteiger partial charge in [-0.2, -0.15) is 0 Å². The van der Waals surface area contributed by atoms with E-state index in [1.54, 1.807) is 22.4 Å². The van der Waals surface area contributed by atoms with Gasteiger partial charge in [-0.05, 0) is 24.9 Å². The summed E-state index contributed by atoms with van der Waals surface area (Å²) in [4.78, 5) is 24.4. The third-order valence-electron chi connectivity index (χ3n) is 5.11. The SMILES string of the molecule is CN(CCc1ccccc1)C(=O)c1nc2sccn2c1CNCCCn1ccnc1. The Morgan fingerprint density at radius 1 is 1.23 bits per heavy atom. The Labute approximate surface area is 180 Å². The van der Waals surface area contributed by atoms with E-state index in [2.05, 4.69) is 32.0 Å². The van der Waals surface area contributed by atoms with Gasteiger partial charge in [-0.3, -0.25) is 9.20 Å². The van der Waals surface area contributed by atoms with Crippen LogP contribution in [0.3, 0.4) is 0 Å². The van der Waals surface area contributed by atoms with Crippen molar-refractivity contribution in [3.8, 4) is 0 Å². The fourth-order valence-corrected chi connectivity index (χ4v) is 4.14. The number of hydrogen-bond donors (Lipinski definition) is 1. The van der Waals surface area contributed by atoms with Crippen LogP contribution in [0.25, 0.3) is 4.96 Å². The largest absolute Gasteiger partial charge is 0.340 e. The van der Waals surface area contributed by atoms with Crippen LogP contribution in [0.15, 0.2) is 60.6 Å². The monoisotopic (exact) mass is 422 g/mol. The molecule has 0 saturated heterocycles. The summed E-state index contributed by atoms with van der Waals surface area (Å²) < 4.78 is 4.08. The van der Waals surface area contributed by atoms with Gasteiger partial charge in [0.05, 0.1) is 12.0 Å². The minimum Gasteiger partial charge on any atom is -0.340 e. The number of benzene rings is 1. The van der Waals surface area contributed by atoms with Gasteiger partial charge in [0.2, 0.25) is 0 Å². The molecule has 0 saturated carbocycles. The van der Waals surface area contributed by atoms with E-state index in [0.29, 0.717) is 18.8 Å². The van der Waals surface area contributed by atoms with Crippen LogP contribution in [0.2, 0.25) is 0 Å². The van der Waals surface area contributed by atoms with E-state index >= 15 is 0 Å². The molecule has 8 heteroatoms. The Morgan fingerprint density at radius 2 is 2.10 bits per heavy atom. The topological polar surface area (TPSA) is 67.5 Å². The highest BCUT2D eigenvalue weighted by Gasteiger charge is 2.22. The lowest BCUT2D eigenvalue weighted by Gasteiger charge is -2.17. The molecule has 0 aliphatic heterocycles. The smallest absolute Gasteiger partial charge is 0.274 e. The number of nitrogens with zero attached hydrogens (tertiary/aromatic N) is 5. The molecule has 0 aliphatic carbocycles. The molecule has 0 bridgehead atoms. The quantitative estimate of drug-likeness (QED) is 0.399. The standard InChI is InChI=1S/C22H26N6OS/c1-26(12-8-18-6-3-2-4-7-18)21(29)20-19(28-14-15-30-22(28)25-20)16-23-9-5-11-27-13-10-24-17-27/h2-4,6-7,10,13-15,17,23H,5,8-9,11-12,16H2,1H3. The Morgan fingerprint density at radius 3 is 2.90 bits per heavy atom. The van der Waals surface area contributed by atoms with Crippen molar-refractivity contribution in [2.75, 3.05) is 20.1 Å². The van der Waals surface area contributed by atoms with E-state index in [0.717, 1.165) is 36.6 Å². The first kappa shape index (κ1) is 20.3. The van der Waals surface area contributed by atoms with E-state index in [9.17, 15) is 4.79 Å². The first-order chi connectivity index (χ1) is 14.7. The first-order valence-electron chi connectivity index (χ1n) is 10.1. The zero-order valence-electron chi connectivity index (χ0n) is 17.1. The number of likely N-dealkylation sites (N-methyl/N-ethyl adjacent to an activating group) is 1. The van der Waals surface area contributed by atoms with Crippen LogP contribution in [0.5, 0.6) is 0 Å². The Balaban J connectivity index is 1.37. The number of imidazole rings is 2. The number of carbonyl (C=O) groups excluding carboxylic acids is 1. The van der Waals surface area contributed by atoms with E-state index in [1.165, 1.54) is 5.56 Å². The third-order valence-corrected chi connectivity index (χ3v) is 5.87. The molecule has 1 amide bonds. The number of carbonyl (C=O) groups is 1. The first-order valence-corrected chi connectivity index (χ1v) is 11.0. The number of hydrogen-bond acceptors (Lipinski definition) is 5. The predicted molar refractivity (Wildman–Crippen MR) is 119 cm³/mol. The summed E-state index contributed by atoms with van der Waals surface area (Å²) in [5.74, 6) is -0.0305. The van der Waals surface area contributed by atoms with Crippen molar-refractivity contribution >= 4 is 22.2 Å². The van der Waals surface area contributed by atoms with Crippen LogP contribution in [-0.4, -0.2) is 49.9 Å². The molecule has 4 rings (SSSR count). The lowest BCUT2D eigenvalue weighted by molar-refractivity contribution is 0.0790. The summed E-state index contributed by atoms with van der Waals surface area (Å²) in [7, 11) is 1.85. The lowest BCUT2D eigenvalue weighted by Crippen LogP contribution is -2.30. The average molecular weight is 423 g/mol. The molecule has 0 atom stereocenters. The fraction of sp³-hybridized carbons (Fsp3) is 0.318. The molecule has 0 spiro atoms. The minimum absolute atomic E-state index is 0.0305. The number of amides is 1. The van der Waals surface area contributed by atoms with Crippen LogP contribution < -0.4 is 5.32 Å². The lowest BCUT2D eigenvalue weighted by atomic mass is 10.1. The maximum Gasteiger partial charge on any atom is 0.274 e. The Hall–Kier alpha value is -2.97. The normalized spacial score (nSPS) is 11.2. The van der Waals surface area contributed by atoms with Gasteiger partial charge in [-0.15, -0.1) is 11.3 Å². The summed E-state index contributed by atoms with van der Waals surface area (Å²) in [5, 5.41) is 5.46. The highest BCUT2D eigenvalue weighted by Crippen LogP contribution is 2.19. The molecule has 0 fully saturated rings. The molecule has 0 aliphatic rings. The molecule has 0 unspecified atom stereocenters. The number of fused-ring (bicyclic) bond motifs is 1. The molecule has 7 nitrogen and oxygen atoms in total. The molecule has 4 aromatic rings. The second-order valence-corrected chi connectivity index (χ2v) is 8.13. The van der Waals surface area contributed by atoms with E-state index < -0.39 is 0 Å².